The third-order valence-corrected chi connectivity index (χ3v) is 8.08. The van der Waals surface area contributed by atoms with Crippen LogP contribution in [0.5, 0.6) is 0 Å². The highest BCUT2D eigenvalue weighted by atomic mass is 16.7. The Morgan fingerprint density at radius 3 is 1.70 bits per heavy atom. The van der Waals surface area contributed by atoms with Gasteiger partial charge < -0.3 is 55.1 Å². The zero-order valence-corrected chi connectivity index (χ0v) is 24.0. The van der Waals surface area contributed by atoms with Gasteiger partial charge in [-0.15, -0.1) is 0 Å². The van der Waals surface area contributed by atoms with E-state index in [1.165, 1.54) is 64.2 Å². The molecule has 0 saturated carbocycles. The second-order valence-corrected chi connectivity index (χ2v) is 11.3. The zero-order chi connectivity index (χ0) is 29.5. The Labute approximate surface area is 238 Å². The van der Waals surface area contributed by atoms with Gasteiger partial charge in [0, 0.05) is 0 Å². The van der Waals surface area contributed by atoms with Crippen LogP contribution in [0.2, 0.25) is 0 Å². The Balaban J connectivity index is 1.74. The second kappa shape index (κ2) is 18.9. The quantitative estimate of drug-likeness (QED) is 0.0873. The molecule has 2 saturated heterocycles. The summed E-state index contributed by atoms with van der Waals surface area (Å²) < 4.78 is 16.3. The van der Waals surface area contributed by atoms with E-state index in [4.69, 9.17) is 14.2 Å². The lowest BCUT2D eigenvalue weighted by molar-refractivity contribution is -0.380. The third-order valence-electron chi connectivity index (χ3n) is 8.08. The van der Waals surface area contributed by atoms with Crippen LogP contribution in [0.1, 0.15) is 96.8 Å². The van der Waals surface area contributed by atoms with Crippen molar-refractivity contribution in [1.29, 1.82) is 0 Å². The Kier molecular flexibility index (Phi) is 16.9. The predicted octanol–water partition coefficient (Wildman–Crippen LogP) is 0.00140. The van der Waals surface area contributed by atoms with Crippen LogP contribution >= 0.6 is 0 Å². The minimum Gasteiger partial charge on any atom is -0.394 e. The molecule has 12 nitrogen and oxygen atoms in total. The number of ether oxygens (including phenoxy) is 3. The molecule has 2 heterocycles. The number of aliphatic hydroxyl groups excluding tert-OH is 8. The monoisotopic (exact) mass is 581 g/mol. The lowest BCUT2D eigenvalue weighted by Gasteiger charge is -2.50. The smallest absolute Gasteiger partial charge is 0.189 e. The number of unbranched alkanes of at least 4 members (excludes halogenated alkanes) is 13. The van der Waals surface area contributed by atoms with Crippen LogP contribution in [0.15, 0.2) is 0 Å². The Morgan fingerprint density at radius 2 is 1.20 bits per heavy atom. The highest BCUT2D eigenvalue weighted by Crippen LogP contribution is 2.32. The topological polar surface area (TPSA) is 202 Å². The van der Waals surface area contributed by atoms with Gasteiger partial charge in [0.2, 0.25) is 0 Å². The summed E-state index contributed by atoms with van der Waals surface area (Å²) >= 11 is 0. The van der Waals surface area contributed by atoms with Gasteiger partial charge >= 0.3 is 0 Å². The Bertz CT molecular complexity index is 660. The molecule has 0 aromatic rings. The van der Waals surface area contributed by atoms with Crippen LogP contribution in [0.25, 0.3) is 0 Å². The molecule has 2 aliphatic heterocycles. The SMILES string of the molecule is CCCCCCCCCCCCCCCCN[C@]1(CO)O[C@H](O[C@H]2[C@H](O)[C@@H](O)[C@H](O)O[C@@H]2CO)[C@H](O)[C@@H](O)[C@H]1O. The predicted molar refractivity (Wildman–Crippen MR) is 146 cm³/mol. The van der Waals surface area contributed by atoms with E-state index in [1.54, 1.807) is 0 Å². The summed E-state index contributed by atoms with van der Waals surface area (Å²) in [6.07, 6.45) is 1.99. The van der Waals surface area contributed by atoms with Crippen molar-refractivity contribution >= 4 is 0 Å². The van der Waals surface area contributed by atoms with Crippen LogP contribution in [0.3, 0.4) is 0 Å². The lowest BCUT2D eigenvalue weighted by Crippen LogP contribution is -2.73. The summed E-state index contributed by atoms with van der Waals surface area (Å²) in [5.74, 6) is 0. The molecule has 12 heteroatoms. The number of hydrogen-bond acceptors (Lipinski definition) is 12. The fourth-order valence-electron chi connectivity index (χ4n) is 5.42. The van der Waals surface area contributed by atoms with E-state index < -0.39 is 74.2 Å². The van der Waals surface area contributed by atoms with Crippen molar-refractivity contribution in [3.8, 4) is 0 Å². The van der Waals surface area contributed by atoms with Gasteiger partial charge in [0.05, 0.1) is 13.2 Å². The fourth-order valence-corrected chi connectivity index (χ4v) is 5.42. The first-order valence-electron chi connectivity index (χ1n) is 15.3. The molecular formula is C28H55NO11. The normalized spacial score (nSPS) is 36.7. The van der Waals surface area contributed by atoms with Crippen LogP contribution < -0.4 is 5.32 Å². The van der Waals surface area contributed by atoms with Crippen molar-refractivity contribution in [2.45, 2.75) is 158 Å². The van der Waals surface area contributed by atoms with Crippen LogP contribution in [0.4, 0.5) is 0 Å². The molecule has 0 aliphatic carbocycles. The Morgan fingerprint density at radius 1 is 0.675 bits per heavy atom. The average molecular weight is 582 g/mol. The van der Waals surface area contributed by atoms with E-state index >= 15 is 0 Å². The molecule has 0 spiro atoms. The maximum Gasteiger partial charge on any atom is 0.189 e. The van der Waals surface area contributed by atoms with Crippen molar-refractivity contribution in [2.75, 3.05) is 19.8 Å². The van der Waals surface area contributed by atoms with E-state index in [-0.39, 0.29) is 0 Å². The molecule has 2 aliphatic rings. The Hall–Kier alpha value is -0.480. The second-order valence-electron chi connectivity index (χ2n) is 11.3. The lowest BCUT2D eigenvalue weighted by atomic mass is 9.93. The van der Waals surface area contributed by atoms with Crippen molar-refractivity contribution in [3.63, 3.8) is 0 Å². The summed E-state index contributed by atoms with van der Waals surface area (Å²) in [6, 6.07) is 0. The van der Waals surface area contributed by atoms with E-state index in [0.717, 1.165) is 25.7 Å². The summed E-state index contributed by atoms with van der Waals surface area (Å²) in [7, 11) is 0. The van der Waals surface area contributed by atoms with Crippen LogP contribution in [-0.4, -0.2) is 122 Å². The summed E-state index contributed by atoms with van der Waals surface area (Å²) in [5, 5.41) is 84.2. The minimum absolute atomic E-state index is 0.352. The maximum absolute atomic E-state index is 10.6. The van der Waals surface area contributed by atoms with Gasteiger partial charge in [0.15, 0.2) is 18.3 Å². The molecule has 238 valence electrons. The van der Waals surface area contributed by atoms with Crippen molar-refractivity contribution < 1.29 is 55.1 Å². The van der Waals surface area contributed by atoms with E-state index in [2.05, 4.69) is 12.2 Å². The third kappa shape index (κ3) is 10.4. The van der Waals surface area contributed by atoms with E-state index in [0.29, 0.717) is 6.54 Å². The molecule has 0 amide bonds. The van der Waals surface area contributed by atoms with Crippen LogP contribution in [0, 0.1) is 0 Å². The first-order chi connectivity index (χ1) is 19.2. The molecule has 2 rings (SSSR count). The molecule has 0 unspecified atom stereocenters. The molecule has 0 radical (unpaired) electrons. The highest BCUT2D eigenvalue weighted by Gasteiger charge is 2.55. The largest absolute Gasteiger partial charge is 0.394 e. The maximum atomic E-state index is 10.6. The summed E-state index contributed by atoms with van der Waals surface area (Å²) in [4.78, 5) is 0. The molecule has 0 aromatic carbocycles. The first kappa shape index (κ1) is 35.7. The number of hydrogen-bond donors (Lipinski definition) is 9. The first-order valence-corrected chi connectivity index (χ1v) is 15.3. The molecule has 40 heavy (non-hydrogen) atoms. The molecule has 0 aromatic heterocycles. The van der Waals surface area contributed by atoms with Crippen molar-refractivity contribution in [2.24, 2.45) is 0 Å². The van der Waals surface area contributed by atoms with Gasteiger partial charge in [-0.3, -0.25) is 5.32 Å². The number of nitrogens with one attached hydrogen (secondary N) is 1. The zero-order valence-electron chi connectivity index (χ0n) is 24.0. The van der Waals surface area contributed by atoms with Gasteiger partial charge in [-0.25, -0.2) is 0 Å². The highest BCUT2D eigenvalue weighted by molar-refractivity contribution is 4.99. The van der Waals surface area contributed by atoms with Gasteiger partial charge in [0.25, 0.3) is 0 Å². The minimum atomic E-state index is -1.87. The number of rotatable bonds is 20. The van der Waals surface area contributed by atoms with Crippen molar-refractivity contribution in [3.05, 3.63) is 0 Å². The van der Waals surface area contributed by atoms with Gasteiger partial charge in [-0.2, -0.15) is 0 Å². The van der Waals surface area contributed by atoms with E-state index in [1.807, 2.05) is 0 Å². The summed E-state index contributed by atoms with van der Waals surface area (Å²) in [5.41, 5.74) is -1.87. The van der Waals surface area contributed by atoms with Gasteiger partial charge in [0.1, 0.15) is 42.7 Å². The van der Waals surface area contributed by atoms with Gasteiger partial charge in [-0.1, -0.05) is 90.4 Å². The summed E-state index contributed by atoms with van der Waals surface area (Å²) in [6.45, 7) is 1.13. The van der Waals surface area contributed by atoms with Crippen LogP contribution in [-0.2, 0) is 14.2 Å². The fraction of sp³-hybridized carbons (Fsp3) is 1.00. The van der Waals surface area contributed by atoms with Gasteiger partial charge in [-0.05, 0) is 13.0 Å². The molecule has 2 fully saturated rings. The average Bonchev–Trinajstić information content (AvgIpc) is 2.96. The molecule has 0 bridgehead atoms. The molecule has 10 atom stereocenters. The molecular weight excluding hydrogens is 526 g/mol. The van der Waals surface area contributed by atoms with E-state index in [9.17, 15) is 40.9 Å². The molecule has 9 N–H and O–H groups in total. The van der Waals surface area contributed by atoms with Crippen molar-refractivity contribution in [1.82, 2.24) is 5.32 Å². The number of aliphatic hydroxyl groups is 8. The standard InChI is InChI=1S/C28H55NO11/c1-2-3-4-5-6-7-8-9-10-11-12-13-14-15-16-29-28(18-31)25(36)21(33)23(35)27(40-28)39-24-19(17-30)38-26(37)22(34)20(24)32/h19-27,29-37H,2-18H2,1H3/t19-,20-,21-,22-,23-,24-,25-,26-,27+,28-/m1/s1.